The smallest absolute Gasteiger partial charge is 0.268 e. The second kappa shape index (κ2) is 7.72. The van der Waals surface area contributed by atoms with Crippen LogP contribution in [0, 0.1) is 17.0 Å². The first-order chi connectivity index (χ1) is 12.8. The molecule has 1 fully saturated rings. The summed E-state index contributed by atoms with van der Waals surface area (Å²) < 4.78 is 0. The molecule has 3 rings (SSSR count). The maximum atomic E-state index is 12.6. The molecule has 0 radical (unpaired) electrons. The van der Waals surface area contributed by atoms with Crippen molar-refractivity contribution >= 4 is 57.9 Å². The van der Waals surface area contributed by atoms with Gasteiger partial charge in [0.05, 0.1) is 16.4 Å². The van der Waals surface area contributed by atoms with E-state index < -0.39 is 16.1 Å². The maximum Gasteiger partial charge on any atom is 0.293 e. The van der Waals surface area contributed by atoms with E-state index in [0.29, 0.717) is 0 Å². The van der Waals surface area contributed by atoms with E-state index >= 15 is 0 Å². The molecule has 0 bridgehead atoms. The van der Waals surface area contributed by atoms with Gasteiger partial charge < -0.3 is 0 Å². The third-order valence-electron chi connectivity index (χ3n) is 3.88. The number of imide groups is 1. The zero-order valence-electron chi connectivity index (χ0n) is 13.9. The molecule has 1 saturated heterocycles. The van der Waals surface area contributed by atoms with Crippen molar-refractivity contribution in [3.63, 3.8) is 0 Å². The average Bonchev–Trinajstić information content (AvgIpc) is 2.86. The van der Waals surface area contributed by atoms with Crippen LogP contribution in [0.2, 0.25) is 10.0 Å². The van der Waals surface area contributed by atoms with Crippen LogP contribution in [0.1, 0.15) is 16.7 Å². The fourth-order valence-corrected chi connectivity index (χ4v) is 3.79. The van der Waals surface area contributed by atoms with E-state index in [0.717, 1.165) is 27.8 Å². The number of aryl methyl sites for hydroxylation is 1. The fraction of sp³-hybridized carbons (Fsp3) is 0.111. The minimum Gasteiger partial charge on any atom is -0.268 e. The summed E-state index contributed by atoms with van der Waals surface area (Å²) >= 11 is 12.7. The van der Waals surface area contributed by atoms with Gasteiger partial charge in [0, 0.05) is 16.7 Å². The lowest BCUT2D eigenvalue weighted by Gasteiger charge is -2.12. The summed E-state index contributed by atoms with van der Waals surface area (Å²) in [5, 5.41) is 10.7. The van der Waals surface area contributed by atoms with Crippen molar-refractivity contribution in [2.24, 2.45) is 0 Å². The number of carbonyl (C=O) groups is 2. The number of carbonyl (C=O) groups excluding carboxylic acids is 2. The van der Waals surface area contributed by atoms with E-state index in [1.165, 1.54) is 18.2 Å². The number of rotatable bonds is 4. The molecule has 0 N–H and O–H groups in total. The molecule has 27 heavy (non-hydrogen) atoms. The summed E-state index contributed by atoms with van der Waals surface area (Å²) in [5.41, 5.74) is 1.82. The quantitative estimate of drug-likeness (QED) is 0.371. The largest absolute Gasteiger partial charge is 0.293 e. The second-order valence-corrected chi connectivity index (χ2v) is 7.64. The number of nitro benzene ring substituents is 1. The van der Waals surface area contributed by atoms with Crippen molar-refractivity contribution in [1.82, 2.24) is 4.90 Å². The van der Waals surface area contributed by atoms with Crippen LogP contribution < -0.4 is 0 Å². The van der Waals surface area contributed by atoms with Gasteiger partial charge in [-0.15, -0.1) is 0 Å². The standard InChI is InChI=1S/C18H12Cl2N2O4S/c1-10-2-4-11(5-3-10)9-21-17(23)16(27-18(21)24)7-12-6-15(22(25)26)14(20)8-13(12)19/h2-8H,9H2,1H3/b16-7-. The highest BCUT2D eigenvalue weighted by molar-refractivity contribution is 8.18. The predicted molar refractivity (Wildman–Crippen MR) is 106 cm³/mol. The monoisotopic (exact) mass is 422 g/mol. The van der Waals surface area contributed by atoms with Gasteiger partial charge in [0.25, 0.3) is 16.8 Å². The van der Waals surface area contributed by atoms with Gasteiger partial charge in [0.15, 0.2) is 0 Å². The predicted octanol–water partition coefficient (Wildman–Crippen LogP) is 5.45. The van der Waals surface area contributed by atoms with Gasteiger partial charge in [-0.25, -0.2) is 0 Å². The van der Waals surface area contributed by atoms with Gasteiger partial charge in [-0.05, 0) is 36.4 Å². The first-order valence-corrected chi connectivity index (χ1v) is 9.28. The van der Waals surface area contributed by atoms with Crippen LogP contribution in [0.15, 0.2) is 41.3 Å². The molecule has 1 heterocycles. The summed E-state index contributed by atoms with van der Waals surface area (Å²) in [4.78, 5) is 36.5. The second-order valence-electron chi connectivity index (χ2n) is 5.84. The van der Waals surface area contributed by atoms with Crippen molar-refractivity contribution in [3.05, 3.63) is 78.2 Å². The van der Waals surface area contributed by atoms with Crippen molar-refractivity contribution < 1.29 is 14.5 Å². The van der Waals surface area contributed by atoms with Crippen LogP contribution in [0.5, 0.6) is 0 Å². The first-order valence-electron chi connectivity index (χ1n) is 7.70. The Morgan fingerprint density at radius 1 is 1.15 bits per heavy atom. The number of benzene rings is 2. The summed E-state index contributed by atoms with van der Waals surface area (Å²) in [6, 6.07) is 9.92. The Hall–Kier alpha value is -2.35. The van der Waals surface area contributed by atoms with Crippen LogP contribution >= 0.6 is 35.0 Å². The molecule has 9 heteroatoms. The number of thioether (sulfide) groups is 1. The highest BCUT2D eigenvalue weighted by Crippen LogP contribution is 2.37. The molecule has 2 aromatic carbocycles. The zero-order chi connectivity index (χ0) is 19.7. The van der Waals surface area contributed by atoms with Crippen molar-refractivity contribution in [2.75, 3.05) is 0 Å². The summed E-state index contributed by atoms with van der Waals surface area (Å²) in [7, 11) is 0. The number of nitrogens with zero attached hydrogens (tertiary/aromatic N) is 2. The Balaban J connectivity index is 1.89. The Labute approximate surface area is 168 Å². The van der Waals surface area contributed by atoms with E-state index in [1.54, 1.807) is 0 Å². The molecule has 1 aliphatic rings. The topological polar surface area (TPSA) is 80.5 Å². The Morgan fingerprint density at radius 2 is 1.81 bits per heavy atom. The van der Waals surface area contributed by atoms with E-state index in [2.05, 4.69) is 0 Å². The van der Waals surface area contributed by atoms with Gasteiger partial charge in [-0.3, -0.25) is 24.6 Å². The highest BCUT2D eigenvalue weighted by Gasteiger charge is 2.35. The van der Waals surface area contributed by atoms with E-state index in [1.807, 2.05) is 31.2 Å². The molecule has 0 saturated carbocycles. The van der Waals surface area contributed by atoms with Crippen molar-refractivity contribution in [1.29, 1.82) is 0 Å². The number of nitro groups is 1. The van der Waals surface area contributed by atoms with Crippen LogP contribution in [0.3, 0.4) is 0 Å². The Morgan fingerprint density at radius 3 is 2.44 bits per heavy atom. The minimum atomic E-state index is -0.640. The highest BCUT2D eigenvalue weighted by atomic mass is 35.5. The average molecular weight is 423 g/mol. The normalized spacial score (nSPS) is 15.7. The van der Waals surface area contributed by atoms with E-state index in [4.69, 9.17) is 23.2 Å². The first kappa shape index (κ1) is 19.4. The van der Waals surface area contributed by atoms with Crippen molar-refractivity contribution in [2.45, 2.75) is 13.5 Å². The van der Waals surface area contributed by atoms with Gasteiger partial charge in [0.1, 0.15) is 5.02 Å². The van der Waals surface area contributed by atoms with Crippen LogP contribution in [0.25, 0.3) is 6.08 Å². The molecule has 0 atom stereocenters. The van der Waals surface area contributed by atoms with E-state index in [-0.39, 0.29) is 32.7 Å². The number of halogens is 2. The summed E-state index contributed by atoms with van der Waals surface area (Å²) in [6.45, 7) is 2.10. The number of hydrogen-bond acceptors (Lipinski definition) is 5. The van der Waals surface area contributed by atoms with Gasteiger partial charge in [0.2, 0.25) is 0 Å². The Kier molecular flexibility index (Phi) is 5.55. The molecule has 0 unspecified atom stereocenters. The third kappa shape index (κ3) is 4.16. The van der Waals surface area contributed by atoms with Gasteiger partial charge >= 0.3 is 0 Å². The third-order valence-corrected chi connectivity index (χ3v) is 5.42. The molecule has 2 amide bonds. The molecular weight excluding hydrogens is 411 g/mol. The molecule has 6 nitrogen and oxygen atoms in total. The van der Waals surface area contributed by atoms with Crippen LogP contribution in [-0.2, 0) is 11.3 Å². The minimum absolute atomic E-state index is 0.102. The lowest BCUT2D eigenvalue weighted by atomic mass is 10.1. The lowest BCUT2D eigenvalue weighted by Crippen LogP contribution is -2.27. The molecule has 0 spiro atoms. The summed E-state index contributed by atoms with van der Waals surface area (Å²) in [6.07, 6.45) is 1.37. The van der Waals surface area contributed by atoms with Gasteiger partial charge in [-0.2, -0.15) is 0 Å². The number of amides is 2. The molecule has 138 valence electrons. The Bertz CT molecular complexity index is 990. The molecule has 0 aromatic heterocycles. The summed E-state index contributed by atoms with van der Waals surface area (Å²) in [5.74, 6) is -0.473. The molecule has 1 aliphatic heterocycles. The van der Waals surface area contributed by atoms with E-state index in [9.17, 15) is 19.7 Å². The number of hydrogen-bond donors (Lipinski definition) is 0. The van der Waals surface area contributed by atoms with Gasteiger partial charge in [-0.1, -0.05) is 53.0 Å². The van der Waals surface area contributed by atoms with Crippen LogP contribution in [-0.4, -0.2) is 21.0 Å². The zero-order valence-corrected chi connectivity index (χ0v) is 16.3. The molecular formula is C18H12Cl2N2O4S. The lowest BCUT2D eigenvalue weighted by molar-refractivity contribution is -0.384. The fourth-order valence-electron chi connectivity index (χ4n) is 2.46. The van der Waals surface area contributed by atoms with Crippen LogP contribution in [0.4, 0.5) is 10.5 Å². The SMILES string of the molecule is Cc1ccc(CN2C(=O)S/C(=C\c3cc([N+](=O)[O-])c(Cl)cc3Cl)C2=O)cc1. The van der Waals surface area contributed by atoms with Crippen molar-refractivity contribution in [3.8, 4) is 0 Å². The molecule has 0 aliphatic carbocycles. The molecule has 2 aromatic rings. The maximum absolute atomic E-state index is 12.6.